The third-order valence-electron chi connectivity index (χ3n) is 3.54. The van der Waals surface area contributed by atoms with E-state index in [2.05, 4.69) is 10.3 Å². The van der Waals surface area contributed by atoms with Gasteiger partial charge in [0.2, 0.25) is 0 Å². The molecule has 0 saturated carbocycles. The van der Waals surface area contributed by atoms with E-state index in [1.54, 1.807) is 11.0 Å². The Morgan fingerprint density at radius 2 is 2.47 bits per heavy atom. The molecule has 1 aliphatic rings. The van der Waals surface area contributed by atoms with E-state index in [0.717, 1.165) is 32.5 Å². The number of amides is 1. The Bertz CT molecular complexity index is 430. The Balaban J connectivity index is 2.04. The van der Waals surface area contributed by atoms with Gasteiger partial charge in [-0.05, 0) is 50.9 Å². The molecule has 5 nitrogen and oxygen atoms in total. The molecule has 2 rings (SSSR count). The van der Waals surface area contributed by atoms with Gasteiger partial charge in [-0.25, -0.2) is 4.98 Å². The summed E-state index contributed by atoms with van der Waals surface area (Å²) >= 11 is 0. The van der Waals surface area contributed by atoms with Crippen LogP contribution in [-0.4, -0.2) is 47.1 Å². The monoisotopic (exact) mass is 263 g/mol. The molecule has 1 aromatic heterocycles. The maximum Gasteiger partial charge on any atom is 0.276 e. The van der Waals surface area contributed by atoms with Gasteiger partial charge in [-0.15, -0.1) is 0 Å². The Morgan fingerprint density at radius 1 is 1.63 bits per heavy atom. The molecular formula is C14H21N3O2. The zero-order valence-corrected chi connectivity index (χ0v) is 11.3. The van der Waals surface area contributed by atoms with Gasteiger partial charge in [0.25, 0.3) is 5.91 Å². The van der Waals surface area contributed by atoms with E-state index in [1.165, 1.54) is 12.3 Å². The molecule has 0 aromatic carbocycles. The largest absolute Gasteiger partial charge is 0.505 e. The summed E-state index contributed by atoms with van der Waals surface area (Å²) in [5.74, 6) is 0.252. The van der Waals surface area contributed by atoms with Gasteiger partial charge in [0.15, 0.2) is 5.69 Å². The highest BCUT2D eigenvalue weighted by Crippen LogP contribution is 2.17. The van der Waals surface area contributed by atoms with E-state index in [-0.39, 0.29) is 17.4 Å². The normalized spacial score (nSPS) is 19.1. The van der Waals surface area contributed by atoms with Gasteiger partial charge < -0.3 is 15.3 Å². The summed E-state index contributed by atoms with van der Waals surface area (Å²) in [6.45, 7) is 5.33. The zero-order chi connectivity index (χ0) is 13.7. The summed E-state index contributed by atoms with van der Waals surface area (Å²) in [4.78, 5) is 18.1. The maximum atomic E-state index is 12.4. The van der Waals surface area contributed by atoms with Crippen molar-refractivity contribution in [1.82, 2.24) is 15.2 Å². The lowest BCUT2D eigenvalue weighted by Crippen LogP contribution is -2.41. The third-order valence-corrected chi connectivity index (χ3v) is 3.54. The van der Waals surface area contributed by atoms with Crippen LogP contribution in [-0.2, 0) is 0 Å². The van der Waals surface area contributed by atoms with Crippen molar-refractivity contribution in [3.05, 3.63) is 24.0 Å². The van der Waals surface area contributed by atoms with Crippen molar-refractivity contribution < 1.29 is 9.90 Å². The summed E-state index contributed by atoms with van der Waals surface area (Å²) in [6.07, 6.45) is 3.83. The second kappa shape index (κ2) is 6.52. The highest BCUT2D eigenvalue weighted by Gasteiger charge is 2.23. The third kappa shape index (κ3) is 3.44. The number of nitrogens with zero attached hydrogens (tertiary/aromatic N) is 2. The van der Waals surface area contributed by atoms with Gasteiger partial charge in [-0.3, -0.25) is 4.79 Å². The molecule has 0 aliphatic carbocycles. The van der Waals surface area contributed by atoms with E-state index in [9.17, 15) is 9.90 Å². The second-order valence-electron chi connectivity index (χ2n) is 4.93. The highest BCUT2D eigenvalue weighted by molar-refractivity contribution is 5.94. The fourth-order valence-electron chi connectivity index (χ4n) is 2.46. The number of piperidine rings is 1. The van der Waals surface area contributed by atoms with Crippen LogP contribution in [0.5, 0.6) is 5.75 Å². The first-order chi connectivity index (χ1) is 9.22. The molecule has 5 heteroatoms. The van der Waals surface area contributed by atoms with E-state index in [4.69, 9.17) is 0 Å². The molecule has 0 bridgehead atoms. The van der Waals surface area contributed by atoms with Gasteiger partial charge in [0.05, 0.1) is 0 Å². The summed E-state index contributed by atoms with van der Waals surface area (Å²) in [5.41, 5.74) is 0.146. The minimum absolute atomic E-state index is 0.0484. The predicted octanol–water partition coefficient (Wildman–Crippen LogP) is 1.25. The van der Waals surface area contributed by atoms with E-state index < -0.39 is 0 Å². The SMILES string of the molecule is CCN(CC1CCCNC1)C(=O)c1ncccc1O. The van der Waals surface area contributed by atoms with Crippen LogP contribution in [0.2, 0.25) is 0 Å². The summed E-state index contributed by atoms with van der Waals surface area (Å²) in [7, 11) is 0. The zero-order valence-electron chi connectivity index (χ0n) is 11.3. The second-order valence-corrected chi connectivity index (χ2v) is 4.93. The van der Waals surface area contributed by atoms with Crippen molar-refractivity contribution >= 4 is 5.91 Å². The highest BCUT2D eigenvalue weighted by atomic mass is 16.3. The fourth-order valence-corrected chi connectivity index (χ4v) is 2.46. The molecule has 0 radical (unpaired) electrons. The van der Waals surface area contributed by atoms with Crippen LogP contribution in [0.15, 0.2) is 18.3 Å². The average Bonchev–Trinajstić information content (AvgIpc) is 2.46. The molecule has 2 heterocycles. The van der Waals surface area contributed by atoms with Crippen LogP contribution in [0.4, 0.5) is 0 Å². The standard InChI is InChI=1S/C14H21N3O2/c1-2-17(10-11-5-3-7-15-9-11)14(19)13-12(18)6-4-8-16-13/h4,6,8,11,15,18H,2-3,5,7,9-10H2,1H3. The van der Waals surface area contributed by atoms with Crippen molar-refractivity contribution in [3.8, 4) is 5.75 Å². The number of aromatic nitrogens is 1. The number of hydrogen-bond donors (Lipinski definition) is 2. The Morgan fingerprint density at radius 3 is 3.11 bits per heavy atom. The maximum absolute atomic E-state index is 12.4. The minimum Gasteiger partial charge on any atom is -0.505 e. The number of hydrogen-bond acceptors (Lipinski definition) is 4. The topological polar surface area (TPSA) is 65.5 Å². The molecule has 1 aliphatic heterocycles. The van der Waals surface area contributed by atoms with Crippen molar-refractivity contribution in [1.29, 1.82) is 0 Å². The first-order valence-corrected chi connectivity index (χ1v) is 6.86. The lowest BCUT2D eigenvalue weighted by molar-refractivity contribution is 0.0720. The molecule has 19 heavy (non-hydrogen) atoms. The Labute approximate surface area is 113 Å². The number of nitrogens with one attached hydrogen (secondary N) is 1. The van der Waals surface area contributed by atoms with Gasteiger partial charge >= 0.3 is 0 Å². The van der Waals surface area contributed by atoms with Gasteiger partial charge in [0, 0.05) is 19.3 Å². The van der Waals surface area contributed by atoms with Gasteiger partial charge in [0.1, 0.15) is 5.75 Å². The first-order valence-electron chi connectivity index (χ1n) is 6.86. The smallest absolute Gasteiger partial charge is 0.276 e. The number of pyridine rings is 1. The van der Waals surface area contributed by atoms with Crippen LogP contribution in [0.25, 0.3) is 0 Å². The number of aromatic hydroxyl groups is 1. The first kappa shape index (κ1) is 13.8. The molecule has 1 amide bonds. The number of rotatable bonds is 4. The molecule has 1 unspecified atom stereocenters. The Hall–Kier alpha value is -1.62. The lowest BCUT2D eigenvalue weighted by atomic mass is 9.99. The van der Waals surface area contributed by atoms with Gasteiger partial charge in [-0.1, -0.05) is 0 Å². The van der Waals surface area contributed by atoms with Crippen LogP contribution < -0.4 is 5.32 Å². The number of carbonyl (C=O) groups is 1. The van der Waals surface area contributed by atoms with Crippen LogP contribution in [0, 0.1) is 5.92 Å². The molecule has 1 aromatic rings. The summed E-state index contributed by atoms with van der Waals surface area (Å²) < 4.78 is 0. The molecule has 104 valence electrons. The van der Waals surface area contributed by atoms with Crippen LogP contribution in [0.3, 0.4) is 0 Å². The average molecular weight is 263 g/mol. The Kier molecular flexibility index (Phi) is 4.74. The van der Waals surface area contributed by atoms with Crippen LogP contribution in [0.1, 0.15) is 30.3 Å². The fraction of sp³-hybridized carbons (Fsp3) is 0.571. The number of carbonyl (C=O) groups excluding carboxylic acids is 1. The molecule has 2 N–H and O–H groups in total. The van der Waals surface area contributed by atoms with E-state index in [1.807, 2.05) is 6.92 Å². The molecule has 1 atom stereocenters. The van der Waals surface area contributed by atoms with Crippen molar-refractivity contribution in [2.24, 2.45) is 5.92 Å². The van der Waals surface area contributed by atoms with E-state index >= 15 is 0 Å². The molecule has 1 saturated heterocycles. The lowest BCUT2D eigenvalue weighted by Gasteiger charge is -2.29. The van der Waals surface area contributed by atoms with Crippen molar-refractivity contribution in [3.63, 3.8) is 0 Å². The quantitative estimate of drug-likeness (QED) is 0.858. The van der Waals surface area contributed by atoms with Crippen molar-refractivity contribution in [2.45, 2.75) is 19.8 Å². The molecular weight excluding hydrogens is 242 g/mol. The predicted molar refractivity (Wildman–Crippen MR) is 73.1 cm³/mol. The molecule has 0 spiro atoms. The summed E-state index contributed by atoms with van der Waals surface area (Å²) in [6, 6.07) is 3.11. The minimum atomic E-state index is -0.189. The summed E-state index contributed by atoms with van der Waals surface area (Å²) in [5, 5.41) is 13.1. The van der Waals surface area contributed by atoms with Gasteiger partial charge in [-0.2, -0.15) is 0 Å². The van der Waals surface area contributed by atoms with Crippen molar-refractivity contribution in [2.75, 3.05) is 26.2 Å². The van der Waals surface area contributed by atoms with E-state index in [0.29, 0.717) is 12.5 Å². The van der Waals surface area contributed by atoms with Crippen LogP contribution >= 0.6 is 0 Å². The molecule has 1 fully saturated rings.